The van der Waals surface area contributed by atoms with Crippen LogP contribution in [0.1, 0.15) is 36.1 Å². The lowest BCUT2D eigenvalue weighted by Gasteiger charge is -2.30. The van der Waals surface area contributed by atoms with Crippen LogP contribution in [0, 0.1) is 13.8 Å². The summed E-state index contributed by atoms with van der Waals surface area (Å²) in [5.74, 6) is -0.709. The second-order valence-electron chi connectivity index (χ2n) is 12.7. The van der Waals surface area contributed by atoms with Gasteiger partial charge in [0.1, 0.15) is 38.7 Å². The van der Waals surface area contributed by atoms with Crippen molar-refractivity contribution < 1.29 is 39.1 Å². The van der Waals surface area contributed by atoms with Crippen molar-refractivity contribution in [3.8, 4) is 23.0 Å². The summed E-state index contributed by atoms with van der Waals surface area (Å²) in [6.07, 6.45) is 3.13. The zero-order valence-corrected chi connectivity index (χ0v) is 29.6. The lowest BCUT2D eigenvalue weighted by molar-refractivity contribution is 0.155. The van der Waals surface area contributed by atoms with Crippen molar-refractivity contribution in [3.05, 3.63) is 136 Å². The minimum atomic E-state index is -4.55. The Morgan fingerprint density at radius 3 is 1.92 bits per heavy atom. The van der Waals surface area contributed by atoms with Gasteiger partial charge in [-0.1, -0.05) is 65.7 Å². The summed E-state index contributed by atoms with van der Waals surface area (Å²) in [5, 5.41) is -0.349. The highest BCUT2D eigenvalue weighted by molar-refractivity contribution is 7.87. The molecule has 5 aromatic carbocycles. The second-order valence-corrected chi connectivity index (χ2v) is 15.8. The van der Waals surface area contributed by atoms with Crippen molar-refractivity contribution in [2.45, 2.75) is 49.7 Å². The average Bonchev–Trinajstić information content (AvgIpc) is 3.09. The van der Waals surface area contributed by atoms with Gasteiger partial charge in [-0.05, 0) is 87.9 Å². The Balaban J connectivity index is 1.49. The molecule has 0 fully saturated rings. The van der Waals surface area contributed by atoms with Crippen molar-refractivity contribution in [2.75, 3.05) is 0 Å². The maximum absolute atomic E-state index is 14.6. The van der Waals surface area contributed by atoms with Gasteiger partial charge >= 0.3 is 20.2 Å². The van der Waals surface area contributed by atoms with Gasteiger partial charge in [-0.3, -0.25) is 4.79 Å². The fourth-order valence-corrected chi connectivity index (χ4v) is 7.45. The van der Waals surface area contributed by atoms with Gasteiger partial charge in [0.05, 0.1) is 10.9 Å². The van der Waals surface area contributed by atoms with E-state index in [2.05, 4.69) is 0 Å². The summed E-state index contributed by atoms with van der Waals surface area (Å²) in [4.78, 5) is 14.3. The van der Waals surface area contributed by atoms with E-state index in [9.17, 15) is 21.6 Å². The molecule has 260 valence electrons. The molecule has 0 unspecified atom stereocenters. The molecule has 6 aromatic rings. The number of aryl methyl sites for hydroxylation is 2. The fraction of sp³-hybridized carbons (Fsp3) is 0.154. The van der Waals surface area contributed by atoms with Crippen molar-refractivity contribution in [2.24, 2.45) is 0 Å². The van der Waals surface area contributed by atoms with Crippen LogP contribution in [-0.4, -0.2) is 22.4 Å². The molecule has 0 spiro atoms. The molecule has 0 bridgehead atoms. The minimum absolute atomic E-state index is 0.0268. The second kappa shape index (κ2) is 12.6. The molecule has 0 amide bonds. The first-order valence-electron chi connectivity index (χ1n) is 15.9. The Morgan fingerprint density at radius 2 is 1.31 bits per heavy atom. The highest BCUT2D eigenvalue weighted by Gasteiger charge is 2.37. The molecular formula is C39H32O10S2. The van der Waals surface area contributed by atoms with Gasteiger partial charge in [0, 0.05) is 0 Å². The predicted octanol–water partition coefficient (Wildman–Crippen LogP) is 7.86. The van der Waals surface area contributed by atoms with Crippen LogP contribution in [-0.2, 0) is 26.8 Å². The summed E-state index contributed by atoms with van der Waals surface area (Å²) in [7, 11) is -9.09. The molecule has 51 heavy (non-hydrogen) atoms. The first-order chi connectivity index (χ1) is 24.2. The lowest BCUT2D eigenvalue weighted by atomic mass is 9.98. The van der Waals surface area contributed by atoms with Crippen LogP contribution < -0.4 is 23.3 Å². The van der Waals surface area contributed by atoms with Crippen molar-refractivity contribution in [1.29, 1.82) is 0 Å². The molecule has 0 N–H and O–H groups in total. The summed E-state index contributed by atoms with van der Waals surface area (Å²) < 4.78 is 85.1. The van der Waals surface area contributed by atoms with Crippen LogP contribution in [0.4, 0.5) is 0 Å². The van der Waals surface area contributed by atoms with E-state index < -0.39 is 42.8 Å². The summed E-state index contributed by atoms with van der Waals surface area (Å²) in [6, 6.07) is 26.0. The van der Waals surface area contributed by atoms with Crippen LogP contribution in [0.2, 0.25) is 0 Å². The van der Waals surface area contributed by atoms with E-state index in [1.54, 1.807) is 50.3 Å². The number of hydrogen-bond donors (Lipinski definition) is 0. The van der Waals surface area contributed by atoms with E-state index in [1.807, 2.05) is 44.2 Å². The quantitative estimate of drug-likeness (QED) is 0.107. The normalized spacial score (nSPS) is 13.8. The number of hydrogen-bond acceptors (Lipinski definition) is 10. The maximum Gasteiger partial charge on any atom is 0.339 e. The molecule has 0 atom stereocenters. The molecule has 0 saturated carbocycles. The summed E-state index contributed by atoms with van der Waals surface area (Å²) >= 11 is 0. The molecule has 0 saturated heterocycles. The van der Waals surface area contributed by atoms with Gasteiger partial charge in [-0.25, -0.2) is 0 Å². The van der Waals surface area contributed by atoms with Crippen LogP contribution in [0.5, 0.6) is 23.0 Å². The Labute approximate surface area is 294 Å². The van der Waals surface area contributed by atoms with Gasteiger partial charge < -0.3 is 22.3 Å². The van der Waals surface area contributed by atoms with Gasteiger partial charge in [-0.15, -0.1) is 0 Å². The molecule has 10 nitrogen and oxygen atoms in total. The Bertz CT molecular complexity index is 2620. The molecule has 0 radical (unpaired) electrons. The van der Waals surface area contributed by atoms with Crippen LogP contribution in [0.15, 0.2) is 122 Å². The topological polar surface area (TPSA) is 135 Å². The molecule has 0 aliphatic carbocycles. The summed E-state index contributed by atoms with van der Waals surface area (Å²) in [5.41, 5.74) is 0.450. The zero-order valence-electron chi connectivity index (χ0n) is 28.0. The van der Waals surface area contributed by atoms with Crippen LogP contribution >= 0.6 is 0 Å². The Hall–Kier alpha value is -5.59. The third-order valence-electron chi connectivity index (χ3n) is 8.26. The standard InChI is InChI=1S/C39H32O10S2/c1-24-10-15-28(16-11-24)50(41,42)48-35-30-20-21-39(3,4)47-36(30)38(49-51(43,44)29-17-12-25(2)13-18-29)37-33(35)34(40)31-22-27(14-19-32(31)46-37)45-23-26-8-6-5-7-9-26/h5-22H,23H2,1-4H3. The molecule has 1 aliphatic rings. The number of ether oxygens (including phenoxy) is 2. The summed E-state index contributed by atoms with van der Waals surface area (Å²) in [6.45, 7) is 7.26. The maximum atomic E-state index is 14.6. The molecule has 1 aromatic heterocycles. The van der Waals surface area contributed by atoms with Crippen LogP contribution in [0.25, 0.3) is 28.0 Å². The smallest absolute Gasteiger partial charge is 0.339 e. The molecule has 2 heterocycles. The van der Waals surface area contributed by atoms with Gasteiger partial charge in [0.25, 0.3) is 0 Å². The van der Waals surface area contributed by atoms with Gasteiger partial charge in [0.15, 0.2) is 17.1 Å². The van der Waals surface area contributed by atoms with E-state index in [1.165, 1.54) is 42.5 Å². The zero-order chi connectivity index (χ0) is 36.1. The molecule has 7 rings (SSSR count). The van der Waals surface area contributed by atoms with E-state index in [0.717, 1.165) is 16.7 Å². The largest absolute Gasteiger partial charge is 0.489 e. The Morgan fingerprint density at radius 1 is 0.725 bits per heavy atom. The van der Waals surface area contributed by atoms with E-state index >= 15 is 0 Å². The van der Waals surface area contributed by atoms with E-state index in [4.69, 9.17) is 22.3 Å². The number of benzene rings is 5. The predicted molar refractivity (Wildman–Crippen MR) is 192 cm³/mol. The SMILES string of the molecule is Cc1ccc(S(=O)(=O)Oc2c3c(c(OS(=O)(=O)c4ccc(C)cc4)c4c(=O)c5cc(OCc6ccccc6)ccc5oc24)C=CC(C)(C)O3)cc1. The third kappa shape index (κ3) is 6.67. The highest BCUT2D eigenvalue weighted by Crippen LogP contribution is 2.51. The number of rotatable bonds is 9. The fourth-order valence-electron chi connectivity index (χ4n) is 5.56. The van der Waals surface area contributed by atoms with Crippen molar-refractivity contribution in [1.82, 2.24) is 0 Å². The minimum Gasteiger partial charge on any atom is -0.489 e. The first-order valence-corrected chi connectivity index (χ1v) is 18.7. The highest BCUT2D eigenvalue weighted by atomic mass is 32.2. The lowest BCUT2D eigenvalue weighted by Crippen LogP contribution is -2.29. The molecule has 1 aliphatic heterocycles. The average molecular weight is 725 g/mol. The Kier molecular flexibility index (Phi) is 8.39. The number of fused-ring (bicyclic) bond motifs is 3. The van der Waals surface area contributed by atoms with E-state index in [0.29, 0.717) is 5.75 Å². The van der Waals surface area contributed by atoms with Crippen molar-refractivity contribution in [3.63, 3.8) is 0 Å². The molecular weight excluding hydrogens is 693 g/mol. The first kappa shape index (κ1) is 33.9. The van der Waals surface area contributed by atoms with Gasteiger partial charge in [-0.2, -0.15) is 16.8 Å². The van der Waals surface area contributed by atoms with Crippen molar-refractivity contribution >= 4 is 48.3 Å². The van der Waals surface area contributed by atoms with Crippen LogP contribution in [0.3, 0.4) is 0 Å². The van der Waals surface area contributed by atoms with E-state index in [-0.39, 0.29) is 49.6 Å². The monoisotopic (exact) mass is 724 g/mol. The molecule has 12 heteroatoms. The third-order valence-corrected chi connectivity index (χ3v) is 10.7. The van der Waals surface area contributed by atoms with Gasteiger partial charge in [0.2, 0.25) is 11.2 Å².